The van der Waals surface area contributed by atoms with Gasteiger partial charge in [0.25, 0.3) is 5.91 Å². The number of nitrogens with zero attached hydrogens (tertiary/aromatic N) is 2. The number of rotatable bonds is 6. The summed E-state index contributed by atoms with van der Waals surface area (Å²) in [4.78, 5) is 18.1. The molecule has 0 saturated heterocycles. The zero-order chi connectivity index (χ0) is 23.8. The van der Waals surface area contributed by atoms with Gasteiger partial charge in [-0.2, -0.15) is 0 Å². The number of amides is 1. The third-order valence-corrected chi connectivity index (χ3v) is 6.85. The third-order valence-electron chi connectivity index (χ3n) is 6.10. The number of thiazole rings is 1. The van der Waals surface area contributed by atoms with Crippen LogP contribution < -0.4 is 14.8 Å². The SMILES string of the molecule is C=CCn1c(C(=O)Nc2nc(-c3ccc4c(c3)OCCO4)cs2)c(C)c2cc(C(C)C)ccc21. The molecule has 0 bridgehead atoms. The summed E-state index contributed by atoms with van der Waals surface area (Å²) < 4.78 is 13.3. The first-order valence-corrected chi connectivity index (χ1v) is 12.2. The van der Waals surface area contributed by atoms with Crippen molar-refractivity contribution >= 4 is 33.3 Å². The van der Waals surface area contributed by atoms with E-state index in [4.69, 9.17) is 9.47 Å². The first-order chi connectivity index (χ1) is 16.5. The van der Waals surface area contributed by atoms with E-state index in [1.54, 1.807) is 0 Å². The molecule has 34 heavy (non-hydrogen) atoms. The zero-order valence-corrected chi connectivity index (χ0v) is 20.4. The Balaban J connectivity index is 1.45. The molecule has 4 aromatic rings. The smallest absolute Gasteiger partial charge is 0.274 e. The summed E-state index contributed by atoms with van der Waals surface area (Å²) in [6.45, 7) is 11.9. The van der Waals surface area contributed by atoms with Gasteiger partial charge in [-0.25, -0.2) is 4.98 Å². The fourth-order valence-corrected chi connectivity index (χ4v) is 5.05. The Morgan fingerprint density at radius 1 is 1.21 bits per heavy atom. The first-order valence-electron chi connectivity index (χ1n) is 11.4. The number of aryl methyl sites for hydroxylation is 1. The van der Waals surface area contributed by atoms with Gasteiger partial charge in [-0.1, -0.05) is 26.0 Å². The molecule has 2 aromatic heterocycles. The van der Waals surface area contributed by atoms with E-state index in [9.17, 15) is 4.79 Å². The molecule has 0 radical (unpaired) electrons. The van der Waals surface area contributed by atoms with Gasteiger partial charge in [0.05, 0.1) is 5.69 Å². The molecule has 6 nitrogen and oxygen atoms in total. The second-order valence-corrected chi connectivity index (χ2v) is 9.51. The molecule has 0 saturated carbocycles. The average Bonchev–Trinajstić information content (AvgIpc) is 3.41. The number of nitrogens with one attached hydrogen (secondary N) is 1. The van der Waals surface area contributed by atoms with E-state index in [0.717, 1.165) is 33.5 Å². The van der Waals surface area contributed by atoms with Crippen LogP contribution in [-0.4, -0.2) is 28.7 Å². The summed E-state index contributed by atoms with van der Waals surface area (Å²) in [6.07, 6.45) is 1.81. The van der Waals surface area contributed by atoms with E-state index in [1.165, 1.54) is 16.9 Å². The Hall–Kier alpha value is -3.58. The molecular formula is C27H27N3O3S. The first kappa shape index (κ1) is 22.2. The largest absolute Gasteiger partial charge is 0.486 e. The van der Waals surface area contributed by atoms with Crippen LogP contribution in [-0.2, 0) is 6.54 Å². The predicted octanol–water partition coefficient (Wildman–Crippen LogP) is 6.41. The summed E-state index contributed by atoms with van der Waals surface area (Å²) in [5.74, 6) is 1.69. The fourth-order valence-electron chi connectivity index (χ4n) is 4.33. The molecule has 1 amide bonds. The van der Waals surface area contributed by atoms with Gasteiger partial charge in [-0.05, 0) is 54.3 Å². The molecule has 3 heterocycles. The molecule has 2 aromatic carbocycles. The number of fused-ring (bicyclic) bond motifs is 2. The van der Waals surface area contributed by atoms with Crippen molar-refractivity contribution in [1.82, 2.24) is 9.55 Å². The number of aromatic nitrogens is 2. The van der Waals surface area contributed by atoms with Crippen molar-refractivity contribution in [1.29, 1.82) is 0 Å². The normalized spacial score (nSPS) is 12.8. The highest BCUT2D eigenvalue weighted by molar-refractivity contribution is 7.14. The van der Waals surface area contributed by atoms with E-state index < -0.39 is 0 Å². The summed E-state index contributed by atoms with van der Waals surface area (Å²) in [6, 6.07) is 12.2. The maximum absolute atomic E-state index is 13.4. The van der Waals surface area contributed by atoms with E-state index in [2.05, 4.69) is 48.9 Å². The Labute approximate surface area is 202 Å². The van der Waals surface area contributed by atoms with Gasteiger partial charge in [0, 0.05) is 28.4 Å². The molecule has 0 aliphatic carbocycles. The number of ether oxygens (including phenoxy) is 2. The number of anilines is 1. The summed E-state index contributed by atoms with van der Waals surface area (Å²) in [5, 5.41) is 6.58. The lowest BCUT2D eigenvalue weighted by Crippen LogP contribution is -2.18. The summed E-state index contributed by atoms with van der Waals surface area (Å²) in [5.41, 5.74) is 5.57. The van der Waals surface area contributed by atoms with E-state index in [-0.39, 0.29) is 5.91 Å². The minimum absolute atomic E-state index is 0.176. The molecule has 1 aliphatic heterocycles. The molecular weight excluding hydrogens is 446 g/mol. The standard InChI is InChI=1S/C27H27N3O3S/c1-5-10-30-22-8-6-18(16(2)3)13-20(22)17(4)25(30)26(31)29-27-28-21(15-34-27)19-7-9-23-24(14-19)33-12-11-32-23/h5-9,13-16H,1,10-12H2,2-4H3,(H,28,29,31). The minimum Gasteiger partial charge on any atom is -0.486 e. The maximum Gasteiger partial charge on any atom is 0.274 e. The van der Waals surface area contributed by atoms with Crippen LogP contribution >= 0.6 is 11.3 Å². The molecule has 0 fully saturated rings. The Bertz CT molecular complexity index is 1400. The van der Waals surface area contributed by atoms with Gasteiger partial charge in [0.2, 0.25) is 0 Å². The molecule has 1 aliphatic rings. The van der Waals surface area contributed by atoms with E-state index >= 15 is 0 Å². The minimum atomic E-state index is -0.176. The Morgan fingerprint density at radius 2 is 2.00 bits per heavy atom. The van der Waals surface area contributed by atoms with Gasteiger partial charge in [0.1, 0.15) is 18.9 Å². The molecule has 174 valence electrons. The van der Waals surface area contributed by atoms with Crippen LogP contribution in [0.5, 0.6) is 11.5 Å². The molecule has 0 spiro atoms. The van der Waals surface area contributed by atoms with Crippen LogP contribution in [0.25, 0.3) is 22.2 Å². The van der Waals surface area contributed by atoms with Gasteiger partial charge in [-0.3, -0.25) is 10.1 Å². The number of hydrogen-bond acceptors (Lipinski definition) is 5. The van der Waals surface area contributed by atoms with Crippen LogP contribution in [0.15, 0.2) is 54.4 Å². The van der Waals surface area contributed by atoms with Crippen molar-refractivity contribution in [3.05, 3.63) is 71.3 Å². The lowest BCUT2D eigenvalue weighted by atomic mass is 10.0. The quantitative estimate of drug-likeness (QED) is 0.329. The lowest BCUT2D eigenvalue weighted by Gasteiger charge is -2.18. The highest BCUT2D eigenvalue weighted by Crippen LogP contribution is 2.36. The van der Waals surface area contributed by atoms with Crippen molar-refractivity contribution < 1.29 is 14.3 Å². The molecule has 0 atom stereocenters. The van der Waals surface area contributed by atoms with Crippen molar-refractivity contribution in [2.45, 2.75) is 33.2 Å². The highest BCUT2D eigenvalue weighted by Gasteiger charge is 2.22. The van der Waals surface area contributed by atoms with Crippen molar-refractivity contribution in [3.63, 3.8) is 0 Å². The number of benzene rings is 2. The number of allylic oxidation sites excluding steroid dienone is 1. The maximum atomic E-state index is 13.4. The molecule has 7 heteroatoms. The van der Waals surface area contributed by atoms with Crippen molar-refractivity contribution in [2.24, 2.45) is 0 Å². The van der Waals surface area contributed by atoms with Crippen LogP contribution in [0.1, 0.15) is 41.4 Å². The van der Waals surface area contributed by atoms with Crippen LogP contribution in [0.4, 0.5) is 5.13 Å². The van der Waals surface area contributed by atoms with Gasteiger partial charge in [-0.15, -0.1) is 17.9 Å². The zero-order valence-electron chi connectivity index (χ0n) is 19.6. The average molecular weight is 474 g/mol. The lowest BCUT2D eigenvalue weighted by molar-refractivity contribution is 0.101. The van der Waals surface area contributed by atoms with Gasteiger partial charge >= 0.3 is 0 Å². The fraction of sp³-hybridized carbons (Fsp3) is 0.259. The van der Waals surface area contributed by atoms with Gasteiger partial charge in [0.15, 0.2) is 16.6 Å². The Kier molecular flexibility index (Phi) is 5.87. The molecule has 5 rings (SSSR count). The third kappa shape index (κ3) is 3.96. The van der Waals surface area contributed by atoms with Crippen molar-refractivity contribution in [2.75, 3.05) is 18.5 Å². The monoisotopic (exact) mass is 473 g/mol. The van der Waals surface area contributed by atoms with Crippen LogP contribution in [0.3, 0.4) is 0 Å². The molecule has 1 N–H and O–H groups in total. The van der Waals surface area contributed by atoms with Crippen molar-refractivity contribution in [3.8, 4) is 22.8 Å². The van der Waals surface area contributed by atoms with E-state index in [0.29, 0.717) is 42.3 Å². The van der Waals surface area contributed by atoms with Crippen LogP contribution in [0, 0.1) is 6.92 Å². The van der Waals surface area contributed by atoms with Gasteiger partial charge < -0.3 is 14.0 Å². The van der Waals surface area contributed by atoms with E-state index in [1.807, 2.05) is 41.1 Å². The number of carbonyl (C=O) groups excluding carboxylic acids is 1. The summed E-state index contributed by atoms with van der Waals surface area (Å²) >= 11 is 1.40. The second kappa shape index (κ2) is 8.99. The number of hydrogen-bond donors (Lipinski definition) is 1. The molecule has 0 unspecified atom stereocenters. The van der Waals surface area contributed by atoms with Crippen LogP contribution in [0.2, 0.25) is 0 Å². The summed E-state index contributed by atoms with van der Waals surface area (Å²) in [7, 11) is 0. The Morgan fingerprint density at radius 3 is 2.76 bits per heavy atom. The highest BCUT2D eigenvalue weighted by atomic mass is 32.1. The number of carbonyl (C=O) groups is 1. The predicted molar refractivity (Wildman–Crippen MR) is 137 cm³/mol. The topological polar surface area (TPSA) is 65.4 Å². The second-order valence-electron chi connectivity index (χ2n) is 8.65.